The molecule has 2 amide bonds. The van der Waals surface area contributed by atoms with Crippen molar-refractivity contribution in [3.63, 3.8) is 0 Å². The number of Topliss-reactive ketones (excluding diaryl/α,β-unsaturated/α-hetero) is 1. The summed E-state index contributed by atoms with van der Waals surface area (Å²) in [5.41, 5.74) is 19.0. The maximum atomic E-state index is 13.5. The van der Waals surface area contributed by atoms with Gasteiger partial charge in [0.2, 0.25) is 11.8 Å². The summed E-state index contributed by atoms with van der Waals surface area (Å²) in [5.74, 6) is -1.36. The van der Waals surface area contributed by atoms with Gasteiger partial charge < -0.3 is 32.5 Å². The highest BCUT2D eigenvalue weighted by Gasteiger charge is 2.38. The minimum absolute atomic E-state index is 0.000778. The molecule has 2 aromatic carbocycles. The lowest BCUT2D eigenvalue weighted by Gasteiger charge is -2.22. The van der Waals surface area contributed by atoms with E-state index in [2.05, 4.69) is 10.6 Å². The van der Waals surface area contributed by atoms with E-state index in [1.807, 2.05) is 38.9 Å². The van der Waals surface area contributed by atoms with Gasteiger partial charge in [0.1, 0.15) is 0 Å². The van der Waals surface area contributed by atoms with Crippen LogP contribution in [0.25, 0.3) is 0 Å². The van der Waals surface area contributed by atoms with Gasteiger partial charge in [0.25, 0.3) is 0 Å². The van der Waals surface area contributed by atoms with Crippen LogP contribution in [0.2, 0.25) is 6.82 Å². The van der Waals surface area contributed by atoms with E-state index < -0.39 is 41.4 Å². The van der Waals surface area contributed by atoms with Crippen molar-refractivity contribution in [1.82, 2.24) is 10.6 Å². The fraction of sp³-hybridized carbons (Fsp3) is 0.483. The molecule has 0 bridgehead atoms. The Morgan fingerprint density at radius 2 is 1.62 bits per heavy atom. The second-order valence-electron chi connectivity index (χ2n) is 11.2. The molecule has 0 saturated carbocycles. The fourth-order valence-corrected chi connectivity index (χ4v) is 5.02. The molecule has 0 aromatic heterocycles. The maximum absolute atomic E-state index is 13.5. The predicted molar refractivity (Wildman–Crippen MR) is 155 cm³/mol. The van der Waals surface area contributed by atoms with Crippen molar-refractivity contribution in [2.24, 2.45) is 17.2 Å². The van der Waals surface area contributed by atoms with E-state index in [0.717, 1.165) is 23.2 Å². The Bertz CT molecular complexity index is 1270. The van der Waals surface area contributed by atoms with Crippen LogP contribution >= 0.6 is 0 Å². The first-order valence-corrected chi connectivity index (χ1v) is 13.9. The first-order chi connectivity index (χ1) is 19.6. The Labute approximate surface area is 244 Å². The minimum atomic E-state index is -4.50. The van der Waals surface area contributed by atoms with Gasteiger partial charge in [-0.15, -0.1) is 0 Å². The van der Waals surface area contributed by atoms with Crippen molar-refractivity contribution in [2.45, 2.75) is 76.3 Å². The molecule has 0 aliphatic carbocycles. The highest BCUT2D eigenvalue weighted by atomic mass is 19.4. The number of carbonyl (C=O) groups is 3. The number of hydrogen-bond acceptors (Lipinski definition) is 7. The van der Waals surface area contributed by atoms with Crippen LogP contribution in [0, 0.1) is 0 Å². The van der Waals surface area contributed by atoms with Crippen LogP contribution in [0.5, 0.6) is 0 Å². The number of nitrogens with two attached hydrogens (primary N) is 3. The SMILES string of the molecule is CB1OC(C)(C)c2ccc(CC(=O)[C@@H](Cc3ccc(C(F)(F)F)cc3)NC(=O)[C@@H](N)CCC(=O)NC(CN)CN)cc21. The monoisotopic (exact) mass is 589 g/mol. The van der Waals surface area contributed by atoms with E-state index in [9.17, 15) is 27.6 Å². The van der Waals surface area contributed by atoms with Gasteiger partial charge in [0.05, 0.1) is 29.3 Å². The largest absolute Gasteiger partial charge is 0.422 e. The third kappa shape index (κ3) is 8.63. The number of fused-ring (bicyclic) bond motifs is 1. The second-order valence-corrected chi connectivity index (χ2v) is 11.2. The van der Waals surface area contributed by atoms with Gasteiger partial charge in [-0.1, -0.05) is 37.2 Å². The Hall–Kier alpha value is -3.26. The number of rotatable bonds is 13. The predicted octanol–water partition coefficient (Wildman–Crippen LogP) is 1.15. The van der Waals surface area contributed by atoms with Crippen LogP contribution in [0.3, 0.4) is 0 Å². The van der Waals surface area contributed by atoms with E-state index >= 15 is 0 Å². The molecule has 0 unspecified atom stereocenters. The second kappa shape index (κ2) is 13.8. The number of carbonyl (C=O) groups excluding carboxylic acids is 3. The van der Waals surface area contributed by atoms with Gasteiger partial charge in [-0.2, -0.15) is 13.2 Å². The first-order valence-electron chi connectivity index (χ1n) is 13.9. The molecule has 2 atom stereocenters. The summed E-state index contributed by atoms with van der Waals surface area (Å²) in [6.07, 6.45) is -4.63. The summed E-state index contributed by atoms with van der Waals surface area (Å²) in [6, 6.07) is 7.52. The summed E-state index contributed by atoms with van der Waals surface area (Å²) in [4.78, 5) is 38.6. The van der Waals surface area contributed by atoms with Crippen molar-refractivity contribution < 1.29 is 32.2 Å². The number of benzene rings is 2. The van der Waals surface area contributed by atoms with E-state index in [1.54, 1.807) is 0 Å². The maximum Gasteiger partial charge on any atom is 0.416 e. The van der Waals surface area contributed by atoms with Gasteiger partial charge in [-0.05, 0) is 61.0 Å². The quantitative estimate of drug-likeness (QED) is 0.219. The Morgan fingerprint density at radius 1 is 1.00 bits per heavy atom. The molecule has 8 N–H and O–H groups in total. The molecule has 1 aliphatic rings. The molecular formula is C29H39BF3N5O4. The fourth-order valence-electron chi connectivity index (χ4n) is 5.02. The number of nitrogens with one attached hydrogen (secondary N) is 2. The molecule has 42 heavy (non-hydrogen) atoms. The number of halogens is 3. The van der Waals surface area contributed by atoms with Gasteiger partial charge in [0.15, 0.2) is 5.78 Å². The third-order valence-corrected chi connectivity index (χ3v) is 7.43. The Balaban J connectivity index is 1.74. The van der Waals surface area contributed by atoms with Gasteiger partial charge in [-0.25, -0.2) is 0 Å². The highest BCUT2D eigenvalue weighted by Crippen LogP contribution is 2.31. The normalized spacial score (nSPS) is 15.7. The number of amides is 2. The van der Waals surface area contributed by atoms with Crippen LogP contribution < -0.4 is 33.3 Å². The molecule has 1 heterocycles. The van der Waals surface area contributed by atoms with Crippen LogP contribution in [-0.2, 0) is 43.7 Å². The third-order valence-electron chi connectivity index (χ3n) is 7.43. The summed E-state index contributed by atoms with van der Waals surface area (Å²) in [7, 11) is 0. The molecule has 2 aromatic rings. The molecule has 13 heteroatoms. The average molecular weight is 589 g/mol. The molecule has 3 rings (SSSR count). The van der Waals surface area contributed by atoms with Crippen molar-refractivity contribution in [3.8, 4) is 0 Å². The number of ketones is 1. The standard InChI is InChI=1S/C29H39BF3N5O4/c1-28(2)21-9-6-18(12-22(21)30(3)42-28)14-25(39)24(13-17-4-7-19(8-5-17)29(31,32)33)38-27(41)23(36)10-11-26(40)37-20(15-34)16-35/h4-9,12,20,23-24H,10-11,13-16,34-36H2,1-3H3,(H,37,40)(H,38,41)/t23-,24+/m0/s1. The summed E-state index contributed by atoms with van der Waals surface area (Å²) >= 11 is 0. The minimum Gasteiger partial charge on any atom is -0.422 e. The summed E-state index contributed by atoms with van der Waals surface area (Å²) < 4.78 is 45.2. The van der Waals surface area contributed by atoms with Crippen molar-refractivity contribution >= 4 is 30.0 Å². The van der Waals surface area contributed by atoms with E-state index in [1.165, 1.54) is 12.1 Å². The first kappa shape index (κ1) is 33.2. The lowest BCUT2D eigenvalue weighted by molar-refractivity contribution is -0.137. The molecule has 9 nitrogen and oxygen atoms in total. The smallest absolute Gasteiger partial charge is 0.416 e. The van der Waals surface area contributed by atoms with E-state index in [4.69, 9.17) is 21.9 Å². The lowest BCUT2D eigenvalue weighted by Crippen LogP contribution is -2.50. The van der Waals surface area contributed by atoms with Crippen LogP contribution in [-0.4, -0.2) is 55.7 Å². The van der Waals surface area contributed by atoms with E-state index in [-0.39, 0.29) is 57.4 Å². The molecular weight excluding hydrogens is 550 g/mol. The summed E-state index contributed by atoms with van der Waals surface area (Å²) in [5, 5.41) is 5.31. The zero-order valence-corrected chi connectivity index (χ0v) is 24.1. The highest BCUT2D eigenvalue weighted by molar-refractivity contribution is 6.67. The summed E-state index contributed by atoms with van der Waals surface area (Å²) in [6.45, 7) is 6.04. The van der Waals surface area contributed by atoms with Crippen LogP contribution in [0.4, 0.5) is 13.2 Å². The zero-order chi connectivity index (χ0) is 31.2. The zero-order valence-electron chi connectivity index (χ0n) is 24.1. The molecule has 0 spiro atoms. The van der Waals surface area contributed by atoms with Crippen molar-refractivity contribution in [2.75, 3.05) is 13.1 Å². The lowest BCUT2D eigenvalue weighted by atomic mass is 9.63. The molecule has 0 fully saturated rings. The Kier molecular flexibility index (Phi) is 10.9. The average Bonchev–Trinajstić information content (AvgIpc) is 3.16. The Morgan fingerprint density at radius 3 is 2.21 bits per heavy atom. The molecule has 1 aliphatic heterocycles. The topological polar surface area (TPSA) is 163 Å². The van der Waals surface area contributed by atoms with Crippen molar-refractivity contribution in [1.29, 1.82) is 0 Å². The number of hydrogen-bond donors (Lipinski definition) is 5. The molecule has 0 radical (unpaired) electrons. The van der Waals surface area contributed by atoms with E-state index in [0.29, 0.717) is 11.1 Å². The van der Waals surface area contributed by atoms with Crippen LogP contribution in [0.15, 0.2) is 42.5 Å². The molecule has 228 valence electrons. The van der Waals surface area contributed by atoms with Gasteiger partial charge in [-0.3, -0.25) is 14.4 Å². The van der Waals surface area contributed by atoms with Gasteiger partial charge >= 0.3 is 13.1 Å². The molecule has 0 saturated heterocycles. The van der Waals surface area contributed by atoms with Gasteiger partial charge in [0, 0.05) is 25.9 Å². The van der Waals surface area contributed by atoms with Crippen molar-refractivity contribution in [3.05, 3.63) is 64.7 Å². The number of alkyl halides is 3. The van der Waals surface area contributed by atoms with Crippen LogP contribution in [0.1, 0.15) is 48.9 Å².